The van der Waals surface area contributed by atoms with Crippen molar-refractivity contribution in [2.75, 3.05) is 12.4 Å². The van der Waals surface area contributed by atoms with Gasteiger partial charge in [-0.05, 0) is 36.8 Å². The van der Waals surface area contributed by atoms with Crippen LogP contribution in [0.1, 0.15) is 17.3 Å². The molecule has 1 fully saturated rings. The molecule has 1 aromatic carbocycles. The van der Waals surface area contributed by atoms with E-state index < -0.39 is 34.0 Å². The largest absolute Gasteiger partial charge is 0.325 e. The maximum absolute atomic E-state index is 13.4. The van der Waals surface area contributed by atoms with Gasteiger partial charge in [-0.3, -0.25) is 9.48 Å². The first kappa shape index (κ1) is 21.9. The fourth-order valence-electron chi connectivity index (χ4n) is 3.33. The van der Waals surface area contributed by atoms with E-state index in [1.807, 2.05) is 30.8 Å². The smallest absolute Gasteiger partial charge is 0.280 e. The molecule has 4 rings (SSSR count). The van der Waals surface area contributed by atoms with Crippen LogP contribution in [-0.2, 0) is 22.1 Å². The van der Waals surface area contributed by atoms with Crippen LogP contribution in [0.25, 0.3) is 11.3 Å². The zero-order valence-corrected chi connectivity index (χ0v) is 18.9. The number of hydrogen-bond donors (Lipinski definition) is 2. The lowest BCUT2D eigenvalue weighted by atomic mass is 10.0. The predicted octanol–water partition coefficient (Wildman–Crippen LogP) is 3.16. The molecule has 8 nitrogen and oxygen atoms in total. The molecular weight excluding hydrogens is 465 g/mol. The Balaban J connectivity index is 1.57. The van der Waals surface area contributed by atoms with Gasteiger partial charge in [-0.15, -0.1) is 11.3 Å². The zero-order chi connectivity index (χ0) is 22.3. The molecule has 31 heavy (non-hydrogen) atoms. The molecule has 12 heteroatoms. The third-order valence-corrected chi connectivity index (χ3v) is 7.96. The summed E-state index contributed by atoms with van der Waals surface area (Å²) in [6, 6.07) is 5.99. The Morgan fingerprint density at radius 1 is 1.32 bits per heavy atom. The highest BCUT2D eigenvalue weighted by Crippen LogP contribution is 2.34. The van der Waals surface area contributed by atoms with Gasteiger partial charge < -0.3 is 5.32 Å². The van der Waals surface area contributed by atoms with Crippen LogP contribution in [0, 0.1) is 5.82 Å². The number of anilines is 1. The van der Waals surface area contributed by atoms with Gasteiger partial charge in [0.15, 0.2) is 0 Å². The number of nitrogens with one attached hydrogen (secondary N) is 2. The molecule has 3 heterocycles. The number of benzene rings is 1. The fourth-order valence-corrected chi connectivity index (χ4v) is 5.82. The van der Waals surface area contributed by atoms with E-state index in [9.17, 15) is 17.6 Å². The summed E-state index contributed by atoms with van der Waals surface area (Å²) in [7, 11) is -0.728. The van der Waals surface area contributed by atoms with Crippen LogP contribution < -0.4 is 10.0 Å². The highest BCUT2D eigenvalue weighted by atomic mass is 35.5. The standard InChI is InChI=1S/C19H19ClFN5O3S2/c1-25-6-5-15(23-25)11-7-18(30-10-11)16-9-17(26(2)31(28,29)24-16)19(27)22-12-3-4-14(21)13(20)8-12/h3-8,10,16-17,24H,9H2,1-2H3,(H,22,27)/t16-,17+/m1/s1. The van der Waals surface area contributed by atoms with Crippen LogP contribution >= 0.6 is 22.9 Å². The lowest BCUT2D eigenvalue weighted by Gasteiger charge is -2.35. The van der Waals surface area contributed by atoms with Crippen LogP contribution in [0.3, 0.4) is 0 Å². The van der Waals surface area contributed by atoms with Crippen molar-refractivity contribution < 1.29 is 17.6 Å². The maximum atomic E-state index is 13.4. The lowest BCUT2D eigenvalue weighted by Crippen LogP contribution is -2.55. The van der Waals surface area contributed by atoms with E-state index in [2.05, 4.69) is 15.1 Å². The first-order chi connectivity index (χ1) is 14.6. The zero-order valence-electron chi connectivity index (χ0n) is 16.5. The Bertz CT molecular complexity index is 1240. The van der Waals surface area contributed by atoms with Crippen molar-refractivity contribution in [2.45, 2.75) is 18.5 Å². The molecule has 0 radical (unpaired) electrons. The second-order valence-corrected chi connectivity index (χ2v) is 10.3. The van der Waals surface area contributed by atoms with Crippen LogP contribution in [0.5, 0.6) is 0 Å². The molecule has 0 aliphatic carbocycles. The Kier molecular flexibility index (Phi) is 5.88. The number of aryl methyl sites for hydroxylation is 1. The van der Waals surface area contributed by atoms with Gasteiger partial charge in [0.1, 0.15) is 11.9 Å². The number of hydrogen-bond acceptors (Lipinski definition) is 5. The quantitative estimate of drug-likeness (QED) is 0.595. The number of thiophene rings is 1. The number of amides is 1. The fraction of sp³-hybridized carbons (Fsp3) is 0.263. The number of nitrogens with zero attached hydrogens (tertiary/aromatic N) is 3. The van der Waals surface area contributed by atoms with Gasteiger partial charge in [0.05, 0.1) is 16.8 Å². The van der Waals surface area contributed by atoms with Crippen LogP contribution in [-0.4, -0.2) is 41.5 Å². The third kappa shape index (κ3) is 4.51. The normalized spacial score (nSPS) is 21.2. The number of carbonyl (C=O) groups excluding carboxylic acids is 1. The van der Waals surface area contributed by atoms with Gasteiger partial charge in [-0.1, -0.05) is 11.6 Å². The summed E-state index contributed by atoms with van der Waals surface area (Å²) < 4.78 is 44.0. The SMILES string of the molecule is CN1[C@H](C(=O)Nc2ccc(F)c(Cl)c2)C[C@H](c2cc(-c3ccn(C)n3)cs2)NS1(=O)=O. The van der Waals surface area contributed by atoms with Crippen molar-refractivity contribution >= 4 is 44.7 Å². The third-order valence-electron chi connectivity index (χ3n) is 5.03. The lowest BCUT2D eigenvalue weighted by molar-refractivity contribution is -0.120. The molecule has 1 aliphatic rings. The van der Waals surface area contributed by atoms with Crippen molar-refractivity contribution in [1.82, 2.24) is 18.8 Å². The number of halogens is 2. The Morgan fingerprint density at radius 2 is 2.10 bits per heavy atom. The Labute approximate surface area is 187 Å². The van der Waals surface area contributed by atoms with E-state index >= 15 is 0 Å². The number of rotatable bonds is 4. The summed E-state index contributed by atoms with van der Waals surface area (Å²) >= 11 is 7.16. The minimum absolute atomic E-state index is 0.136. The summed E-state index contributed by atoms with van der Waals surface area (Å²) in [4.78, 5) is 13.7. The number of likely N-dealkylation sites (N-methyl/N-ethyl adjacent to an activating group) is 1. The Morgan fingerprint density at radius 3 is 2.77 bits per heavy atom. The van der Waals surface area contributed by atoms with Gasteiger partial charge in [-0.2, -0.15) is 22.5 Å². The van der Waals surface area contributed by atoms with Crippen molar-refractivity contribution in [3.8, 4) is 11.3 Å². The van der Waals surface area contributed by atoms with Crippen molar-refractivity contribution in [2.24, 2.45) is 7.05 Å². The maximum Gasteiger partial charge on any atom is 0.280 e. The molecule has 1 saturated heterocycles. The molecule has 2 atom stereocenters. The topological polar surface area (TPSA) is 96.3 Å². The first-order valence-corrected chi connectivity index (χ1v) is 11.9. The summed E-state index contributed by atoms with van der Waals surface area (Å²) in [5.41, 5.74) is 1.94. The first-order valence-electron chi connectivity index (χ1n) is 9.23. The highest BCUT2D eigenvalue weighted by Gasteiger charge is 2.41. The molecular formula is C19H19ClFN5O3S2. The minimum Gasteiger partial charge on any atom is -0.325 e. The molecule has 0 unspecified atom stereocenters. The van der Waals surface area contributed by atoms with E-state index in [0.29, 0.717) is 0 Å². The van der Waals surface area contributed by atoms with E-state index in [1.165, 1.54) is 30.5 Å². The van der Waals surface area contributed by atoms with E-state index in [4.69, 9.17) is 11.6 Å². The average molecular weight is 484 g/mol. The number of carbonyl (C=O) groups is 1. The molecule has 1 aliphatic heterocycles. The molecule has 0 spiro atoms. The monoisotopic (exact) mass is 483 g/mol. The second kappa shape index (κ2) is 8.32. The van der Waals surface area contributed by atoms with Gasteiger partial charge in [0, 0.05) is 41.8 Å². The van der Waals surface area contributed by atoms with Gasteiger partial charge in [-0.25, -0.2) is 4.39 Å². The average Bonchev–Trinajstić information content (AvgIpc) is 3.35. The molecule has 0 bridgehead atoms. The van der Waals surface area contributed by atoms with Crippen molar-refractivity contribution in [1.29, 1.82) is 0 Å². The van der Waals surface area contributed by atoms with Crippen LogP contribution in [0.4, 0.5) is 10.1 Å². The van der Waals surface area contributed by atoms with E-state index in [-0.39, 0.29) is 17.1 Å². The highest BCUT2D eigenvalue weighted by molar-refractivity contribution is 7.87. The summed E-state index contributed by atoms with van der Waals surface area (Å²) in [5.74, 6) is -1.13. The van der Waals surface area contributed by atoms with Gasteiger partial charge in [0.25, 0.3) is 10.2 Å². The van der Waals surface area contributed by atoms with Crippen molar-refractivity contribution in [3.63, 3.8) is 0 Å². The molecule has 2 aromatic heterocycles. The second-order valence-electron chi connectivity index (χ2n) is 7.17. The van der Waals surface area contributed by atoms with Gasteiger partial charge in [0.2, 0.25) is 5.91 Å². The minimum atomic E-state index is -3.89. The van der Waals surface area contributed by atoms with Gasteiger partial charge >= 0.3 is 0 Å². The van der Waals surface area contributed by atoms with Crippen LogP contribution in [0.15, 0.2) is 41.9 Å². The molecule has 1 amide bonds. The van der Waals surface area contributed by atoms with Crippen molar-refractivity contribution in [3.05, 3.63) is 57.6 Å². The van der Waals surface area contributed by atoms with E-state index in [0.717, 1.165) is 26.5 Å². The number of aromatic nitrogens is 2. The molecule has 3 aromatic rings. The summed E-state index contributed by atoms with van der Waals surface area (Å²) in [6.45, 7) is 0. The molecule has 2 N–H and O–H groups in total. The predicted molar refractivity (Wildman–Crippen MR) is 118 cm³/mol. The summed E-state index contributed by atoms with van der Waals surface area (Å²) in [5, 5.41) is 8.74. The van der Waals surface area contributed by atoms with Crippen LogP contribution in [0.2, 0.25) is 5.02 Å². The molecule has 164 valence electrons. The summed E-state index contributed by atoms with van der Waals surface area (Å²) in [6.07, 6.45) is 2.05. The van der Waals surface area contributed by atoms with E-state index in [1.54, 1.807) is 4.68 Å². The molecule has 0 saturated carbocycles. The Hall–Kier alpha value is -2.31.